The minimum atomic E-state index is -4.92. The lowest BCUT2D eigenvalue weighted by molar-refractivity contribution is -0.274. The molecule has 0 aliphatic rings. The Kier molecular flexibility index (Phi) is 4.91. The molecular formula is C15H9F6NO3. The van der Waals surface area contributed by atoms with Crippen LogP contribution in [0.3, 0.4) is 0 Å². The molecule has 4 nitrogen and oxygen atoms in total. The number of hydrogen-bond donors (Lipinski definition) is 0. The number of pyridine rings is 1. The van der Waals surface area contributed by atoms with Crippen LogP contribution in [0.25, 0.3) is 11.3 Å². The number of carbonyl (C=O) groups is 1. The van der Waals surface area contributed by atoms with Gasteiger partial charge in [-0.15, -0.1) is 13.2 Å². The molecule has 0 N–H and O–H groups in total. The summed E-state index contributed by atoms with van der Waals surface area (Å²) < 4.78 is 83.5. The maximum absolute atomic E-state index is 13.1. The van der Waals surface area contributed by atoms with E-state index in [1.165, 1.54) is 0 Å². The molecule has 0 bridgehead atoms. The standard InChI is InChI=1S/C15H9F6NO3/c1-24-13(23)10-6-7-11(22-12(10)14(16,17)18)8-2-4-9(5-3-8)25-15(19,20)21/h2-7H,1H3. The Morgan fingerprint density at radius 2 is 1.56 bits per heavy atom. The minimum Gasteiger partial charge on any atom is -0.465 e. The molecule has 0 saturated heterocycles. The molecule has 0 unspecified atom stereocenters. The van der Waals surface area contributed by atoms with Crippen LogP contribution >= 0.6 is 0 Å². The van der Waals surface area contributed by atoms with E-state index in [1.807, 2.05) is 0 Å². The Hall–Kier alpha value is -2.78. The van der Waals surface area contributed by atoms with Gasteiger partial charge in [-0.25, -0.2) is 9.78 Å². The number of nitrogens with zero attached hydrogens (tertiary/aromatic N) is 1. The monoisotopic (exact) mass is 365 g/mol. The van der Waals surface area contributed by atoms with Crippen LogP contribution in [-0.4, -0.2) is 24.4 Å². The Labute approximate surface area is 137 Å². The molecule has 25 heavy (non-hydrogen) atoms. The van der Waals surface area contributed by atoms with Crippen molar-refractivity contribution in [3.05, 3.63) is 47.7 Å². The number of aromatic nitrogens is 1. The van der Waals surface area contributed by atoms with Crippen molar-refractivity contribution in [2.24, 2.45) is 0 Å². The van der Waals surface area contributed by atoms with Gasteiger partial charge in [0.05, 0.1) is 18.4 Å². The second kappa shape index (κ2) is 6.61. The number of ether oxygens (including phenoxy) is 2. The summed E-state index contributed by atoms with van der Waals surface area (Å²) in [5.74, 6) is -1.74. The van der Waals surface area contributed by atoms with E-state index in [9.17, 15) is 31.1 Å². The molecule has 0 atom stereocenters. The smallest absolute Gasteiger partial charge is 0.465 e. The van der Waals surface area contributed by atoms with Gasteiger partial charge in [0.1, 0.15) is 5.75 Å². The van der Waals surface area contributed by atoms with Gasteiger partial charge in [-0.3, -0.25) is 0 Å². The van der Waals surface area contributed by atoms with Gasteiger partial charge in [0.15, 0.2) is 5.69 Å². The molecule has 10 heteroatoms. The van der Waals surface area contributed by atoms with E-state index in [2.05, 4.69) is 14.5 Å². The topological polar surface area (TPSA) is 48.4 Å². The quantitative estimate of drug-likeness (QED) is 0.596. The van der Waals surface area contributed by atoms with Gasteiger partial charge in [-0.2, -0.15) is 13.2 Å². The largest absolute Gasteiger partial charge is 0.573 e. The van der Waals surface area contributed by atoms with Crippen molar-refractivity contribution in [1.82, 2.24) is 4.98 Å². The third-order valence-electron chi connectivity index (χ3n) is 2.95. The lowest BCUT2D eigenvalue weighted by atomic mass is 10.1. The fourth-order valence-electron chi connectivity index (χ4n) is 1.94. The lowest BCUT2D eigenvalue weighted by Gasteiger charge is -2.13. The molecule has 0 saturated carbocycles. The van der Waals surface area contributed by atoms with E-state index in [0.717, 1.165) is 43.5 Å². The minimum absolute atomic E-state index is 0.108. The molecule has 0 fully saturated rings. The van der Waals surface area contributed by atoms with E-state index >= 15 is 0 Å². The fraction of sp³-hybridized carbons (Fsp3) is 0.200. The molecule has 0 radical (unpaired) electrons. The van der Waals surface area contributed by atoms with E-state index < -0.39 is 35.5 Å². The highest BCUT2D eigenvalue weighted by molar-refractivity contribution is 5.91. The third kappa shape index (κ3) is 4.61. The van der Waals surface area contributed by atoms with Crippen LogP contribution in [0.2, 0.25) is 0 Å². The first-order valence-corrected chi connectivity index (χ1v) is 6.54. The molecule has 0 aliphatic heterocycles. The molecule has 1 aromatic heterocycles. The number of alkyl halides is 6. The fourth-order valence-corrected chi connectivity index (χ4v) is 1.94. The Morgan fingerprint density at radius 1 is 0.960 bits per heavy atom. The van der Waals surface area contributed by atoms with Gasteiger partial charge in [0.25, 0.3) is 0 Å². The number of halogens is 6. The van der Waals surface area contributed by atoms with Crippen LogP contribution in [0.1, 0.15) is 16.1 Å². The summed E-state index contributed by atoms with van der Waals surface area (Å²) in [6.45, 7) is 0. The van der Waals surface area contributed by atoms with Crippen LogP contribution in [-0.2, 0) is 10.9 Å². The van der Waals surface area contributed by atoms with Crippen molar-refractivity contribution in [2.75, 3.05) is 7.11 Å². The molecule has 2 rings (SSSR count). The highest BCUT2D eigenvalue weighted by Crippen LogP contribution is 2.33. The van der Waals surface area contributed by atoms with Gasteiger partial charge < -0.3 is 9.47 Å². The first-order chi connectivity index (χ1) is 11.5. The first-order valence-electron chi connectivity index (χ1n) is 6.54. The first kappa shape index (κ1) is 18.6. The Balaban J connectivity index is 2.41. The van der Waals surface area contributed by atoms with Crippen molar-refractivity contribution in [2.45, 2.75) is 12.5 Å². The number of rotatable bonds is 3. The van der Waals surface area contributed by atoms with Gasteiger partial charge in [0.2, 0.25) is 0 Å². The van der Waals surface area contributed by atoms with E-state index in [0.29, 0.717) is 0 Å². The van der Waals surface area contributed by atoms with Crippen molar-refractivity contribution >= 4 is 5.97 Å². The van der Waals surface area contributed by atoms with Crippen LogP contribution in [0.4, 0.5) is 26.3 Å². The molecule has 0 amide bonds. The second-order valence-electron chi connectivity index (χ2n) is 4.65. The van der Waals surface area contributed by atoms with Gasteiger partial charge >= 0.3 is 18.5 Å². The summed E-state index contributed by atoms with van der Waals surface area (Å²) in [6, 6.07) is 6.11. The maximum Gasteiger partial charge on any atom is 0.573 e. The average molecular weight is 365 g/mol. The van der Waals surface area contributed by atoms with Crippen molar-refractivity contribution < 1.29 is 40.6 Å². The molecular weight excluding hydrogens is 356 g/mol. The van der Waals surface area contributed by atoms with Crippen molar-refractivity contribution in [3.8, 4) is 17.0 Å². The third-order valence-corrected chi connectivity index (χ3v) is 2.95. The number of methoxy groups -OCH3 is 1. The van der Waals surface area contributed by atoms with Crippen molar-refractivity contribution in [1.29, 1.82) is 0 Å². The zero-order valence-corrected chi connectivity index (χ0v) is 12.4. The summed E-state index contributed by atoms with van der Waals surface area (Å²) in [7, 11) is 0.926. The van der Waals surface area contributed by atoms with Gasteiger partial charge in [-0.1, -0.05) is 0 Å². The summed E-state index contributed by atoms with van der Waals surface area (Å²) in [6.07, 6.45) is -9.80. The zero-order valence-electron chi connectivity index (χ0n) is 12.4. The molecule has 2 aromatic rings. The summed E-state index contributed by atoms with van der Waals surface area (Å²) in [5.41, 5.74) is -2.29. The van der Waals surface area contributed by atoms with Crippen LogP contribution in [0.15, 0.2) is 36.4 Å². The Bertz CT molecular complexity index is 768. The lowest BCUT2D eigenvalue weighted by Crippen LogP contribution is -2.17. The number of hydrogen-bond acceptors (Lipinski definition) is 4. The van der Waals surface area contributed by atoms with E-state index in [1.54, 1.807) is 0 Å². The zero-order chi connectivity index (χ0) is 18.8. The van der Waals surface area contributed by atoms with Gasteiger partial charge in [-0.05, 0) is 36.4 Å². The number of esters is 1. The molecule has 134 valence electrons. The van der Waals surface area contributed by atoms with E-state index in [-0.39, 0.29) is 11.3 Å². The van der Waals surface area contributed by atoms with Crippen LogP contribution in [0.5, 0.6) is 5.75 Å². The highest BCUT2D eigenvalue weighted by Gasteiger charge is 2.38. The van der Waals surface area contributed by atoms with Crippen LogP contribution in [0, 0.1) is 0 Å². The van der Waals surface area contributed by atoms with Crippen molar-refractivity contribution in [3.63, 3.8) is 0 Å². The predicted molar refractivity (Wildman–Crippen MR) is 72.7 cm³/mol. The second-order valence-corrected chi connectivity index (χ2v) is 4.65. The SMILES string of the molecule is COC(=O)c1ccc(-c2ccc(OC(F)(F)F)cc2)nc1C(F)(F)F. The maximum atomic E-state index is 13.1. The highest BCUT2D eigenvalue weighted by atomic mass is 19.4. The Morgan fingerprint density at radius 3 is 2.04 bits per heavy atom. The number of benzene rings is 1. The number of carbonyl (C=O) groups excluding carboxylic acids is 1. The summed E-state index contributed by atoms with van der Waals surface area (Å²) in [4.78, 5) is 14.8. The summed E-state index contributed by atoms with van der Waals surface area (Å²) in [5, 5.41) is 0. The summed E-state index contributed by atoms with van der Waals surface area (Å²) >= 11 is 0. The predicted octanol–water partition coefficient (Wildman–Crippen LogP) is 4.45. The molecule has 1 heterocycles. The average Bonchev–Trinajstić information content (AvgIpc) is 2.52. The molecule has 0 aliphatic carbocycles. The van der Waals surface area contributed by atoms with Crippen LogP contribution < -0.4 is 4.74 Å². The molecule has 1 aromatic carbocycles. The van der Waals surface area contributed by atoms with Gasteiger partial charge in [0, 0.05) is 5.56 Å². The van der Waals surface area contributed by atoms with E-state index in [4.69, 9.17) is 0 Å². The molecule has 0 spiro atoms. The normalized spacial score (nSPS) is 12.0.